The summed E-state index contributed by atoms with van der Waals surface area (Å²) < 4.78 is 5.35. The Morgan fingerprint density at radius 3 is 2.48 bits per heavy atom. The largest absolute Gasteiger partial charge is 0.462 e. The molecule has 1 N–H and O–H groups in total. The first-order valence-electron chi connectivity index (χ1n) is 7.65. The van der Waals surface area contributed by atoms with Gasteiger partial charge < -0.3 is 14.7 Å². The molecule has 116 valence electrons. The maximum atomic E-state index is 12.5. The molecule has 0 amide bonds. The number of carbonyl (C=O) groups excluding carboxylic acids is 1. The van der Waals surface area contributed by atoms with Gasteiger partial charge in [-0.3, -0.25) is 0 Å². The van der Waals surface area contributed by atoms with E-state index in [1.165, 1.54) is 0 Å². The van der Waals surface area contributed by atoms with Crippen LogP contribution < -0.4 is 0 Å². The lowest BCUT2D eigenvalue weighted by molar-refractivity contribution is -0.174. The first-order valence-corrected chi connectivity index (χ1v) is 7.65. The molecule has 0 heterocycles. The van der Waals surface area contributed by atoms with Gasteiger partial charge in [-0.1, -0.05) is 43.2 Å². The summed E-state index contributed by atoms with van der Waals surface area (Å²) in [6, 6.07) is 9.21. The second kappa shape index (κ2) is 7.05. The van der Waals surface area contributed by atoms with Gasteiger partial charge in [0, 0.05) is 12.5 Å². The molecule has 0 unspecified atom stereocenters. The molecule has 1 saturated carbocycles. The second-order valence-corrected chi connectivity index (χ2v) is 6.05. The average molecular weight is 291 g/mol. The molecule has 1 aliphatic rings. The minimum Gasteiger partial charge on any atom is -0.462 e. The van der Waals surface area contributed by atoms with Gasteiger partial charge in [-0.25, -0.2) is 4.79 Å². The summed E-state index contributed by atoms with van der Waals surface area (Å²) in [6.45, 7) is 0.953. The molecule has 0 aromatic heterocycles. The molecule has 1 atom stereocenters. The summed E-state index contributed by atoms with van der Waals surface area (Å²) in [7, 11) is 3.85. The van der Waals surface area contributed by atoms with Crippen LogP contribution in [-0.2, 0) is 15.1 Å². The summed E-state index contributed by atoms with van der Waals surface area (Å²) in [6.07, 6.45) is 3.86. The Balaban J connectivity index is 2.17. The highest BCUT2D eigenvalue weighted by atomic mass is 16.5. The van der Waals surface area contributed by atoms with Crippen molar-refractivity contribution in [1.29, 1.82) is 0 Å². The Bertz CT molecular complexity index is 454. The van der Waals surface area contributed by atoms with E-state index in [1.807, 2.05) is 49.3 Å². The fourth-order valence-corrected chi connectivity index (χ4v) is 2.99. The van der Waals surface area contributed by atoms with Gasteiger partial charge in [0.1, 0.15) is 6.61 Å². The molecule has 0 spiro atoms. The van der Waals surface area contributed by atoms with E-state index in [1.54, 1.807) is 0 Å². The molecule has 4 nitrogen and oxygen atoms in total. The topological polar surface area (TPSA) is 49.8 Å². The molecule has 1 fully saturated rings. The van der Waals surface area contributed by atoms with Crippen LogP contribution in [0.3, 0.4) is 0 Å². The van der Waals surface area contributed by atoms with Crippen LogP contribution in [0.1, 0.15) is 31.2 Å². The maximum absolute atomic E-state index is 12.5. The lowest BCUT2D eigenvalue weighted by atomic mass is 9.80. The molecule has 4 heteroatoms. The number of esters is 1. The third-order valence-corrected chi connectivity index (χ3v) is 4.24. The molecule has 1 aromatic carbocycles. The second-order valence-electron chi connectivity index (χ2n) is 6.05. The molecule has 0 bridgehead atoms. The van der Waals surface area contributed by atoms with Crippen molar-refractivity contribution in [3.8, 4) is 0 Å². The van der Waals surface area contributed by atoms with E-state index in [0.29, 0.717) is 18.7 Å². The van der Waals surface area contributed by atoms with Crippen molar-refractivity contribution in [2.24, 2.45) is 5.92 Å². The Morgan fingerprint density at radius 2 is 1.90 bits per heavy atom. The van der Waals surface area contributed by atoms with Crippen molar-refractivity contribution < 1.29 is 14.6 Å². The fourth-order valence-electron chi connectivity index (χ4n) is 2.99. The molecule has 1 aliphatic carbocycles. The van der Waals surface area contributed by atoms with Gasteiger partial charge in [-0.05, 0) is 32.5 Å². The zero-order valence-corrected chi connectivity index (χ0v) is 12.9. The molecule has 2 rings (SSSR count). The van der Waals surface area contributed by atoms with Crippen LogP contribution in [-0.4, -0.2) is 43.2 Å². The van der Waals surface area contributed by atoms with E-state index in [-0.39, 0.29) is 5.92 Å². The van der Waals surface area contributed by atoms with Crippen LogP contribution in [0.15, 0.2) is 30.3 Å². The van der Waals surface area contributed by atoms with E-state index >= 15 is 0 Å². The number of ether oxygens (including phenoxy) is 1. The lowest BCUT2D eigenvalue weighted by Gasteiger charge is -2.32. The number of aliphatic hydroxyl groups is 1. The number of hydrogen-bond donors (Lipinski definition) is 1. The van der Waals surface area contributed by atoms with E-state index in [9.17, 15) is 9.90 Å². The SMILES string of the molecule is CN(C)CCOC(=O)[C@](O)(c1ccccc1)C1CCCC1. The van der Waals surface area contributed by atoms with Gasteiger partial charge >= 0.3 is 5.97 Å². The van der Waals surface area contributed by atoms with Gasteiger partial charge in [0.15, 0.2) is 5.60 Å². The number of rotatable bonds is 6. The number of likely N-dealkylation sites (N-methyl/N-ethyl adjacent to an activating group) is 1. The van der Waals surface area contributed by atoms with Gasteiger partial charge in [0.05, 0.1) is 0 Å². The molecular weight excluding hydrogens is 266 g/mol. The predicted octanol–water partition coefficient (Wildman–Crippen LogP) is 2.17. The number of benzene rings is 1. The van der Waals surface area contributed by atoms with Crippen molar-refractivity contribution in [3.63, 3.8) is 0 Å². The van der Waals surface area contributed by atoms with Crippen LogP contribution >= 0.6 is 0 Å². The fraction of sp³-hybridized carbons (Fsp3) is 0.588. The summed E-state index contributed by atoms with van der Waals surface area (Å²) in [5.74, 6) is -0.561. The summed E-state index contributed by atoms with van der Waals surface area (Å²) >= 11 is 0. The summed E-state index contributed by atoms with van der Waals surface area (Å²) in [4.78, 5) is 14.5. The molecule has 1 aromatic rings. The minimum absolute atomic E-state index is 0.0493. The van der Waals surface area contributed by atoms with E-state index < -0.39 is 11.6 Å². The Hall–Kier alpha value is -1.39. The zero-order valence-electron chi connectivity index (χ0n) is 12.9. The highest BCUT2D eigenvalue weighted by Crippen LogP contribution is 2.41. The highest BCUT2D eigenvalue weighted by Gasteiger charge is 2.47. The van der Waals surface area contributed by atoms with E-state index in [2.05, 4.69) is 0 Å². The van der Waals surface area contributed by atoms with Crippen LogP contribution in [0.4, 0.5) is 0 Å². The summed E-state index contributed by atoms with van der Waals surface area (Å²) in [5.41, 5.74) is -0.865. The van der Waals surface area contributed by atoms with Crippen molar-refractivity contribution >= 4 is 5.97 Å². The van der Waals surface area contributed by atoms with E-state index in [0.717, 1.165) is 25.7 Å². The normalized spacial score (nSPS) is 18.7. The molecular formula is C17H25NO3. The zero-order chi connectivity index (χ0) is 15.3. The van der Waals surface area contributed by atoms with Gasteiger partial charge in [0.2, 0.25) is 0 Å². The number of carbonyl (C=O) groups is 1. The Kier molecular flexibility index (Phi) is 5.37. The van der Waals surface area contributed by atoms with Crippen LogP contribution in [0.2, 0.25) is 0 Å². The predicted molar refractivity (Wildman–Crippen MR) is 81.8 cm³/mol. The lowest BCUT2D eigenvalue weighted by Crippen LogP contribution is -2.44. The standard InChI is InChI=1S/C17H25NO3/c1-18(2)12-13-21-16(19)17(20,15-10-6-7-11-15)14-8-4-3-5-9-14/h3-5,8-9,15,20H,6-7,10-13H2,1-2H3/t17-/m0/s1. The van der Waals surface area contributed by atoms with Gasteiger partial charge in [-0.15, -0.1) is 0 Å². The van der Waals surface area contributed by atoms with Gasteiger partial charge in [0.25, 0.3) is 0 Å². The quantitative estimate of drug-likeness (QED) is 0.816. The monoisotopic (exact) mass is 291 g/mol. The van der Waals surface area contributed by atoms with Crippen molar-refractivity contribution in [3.05, 3.63) is 35.9 Å². The third-order valence-electron chi connectivity index (χ3n) is 4.24. The number of nitrogens with zero attached hydrogens (tertiary/aromatic N) is 1. The number of hydrogen-bond acceptors (Lipinski definition) is 4. The minimum atomic E-state index is -1.51. The molecule has 21 heavy (non-hydrogen) atoms. The Labute approximate surface area is 126 Å². The molecule has 0 radical (unpaired) electrons. The van der Waals surface area contributed by atoms with Crippen LogP contribution in [0, 0.1) is 5.92 Å². The first-order chi connectivity index (χ1) is 10.0. The average Bonchev–Trinajstić information content (AvgIpc) is 3.01. The van der Waals surface area contributed by atoms with Crippen molar-refractivity contribution in [1.82, 2.24) is 4.90 Å². The highest BCUT2D eigenvalue weighted by molar-refractivity contribution is 5.81. The maximum Gasteiger partial charge on any atom is 0.343 e. The van der Waals surface area contributed by atoms with E-state index in [4.69, 9.17) is 4.74 Å². The first kappa shape index (κ1) is 16.0. The van der Waals surface area contributed by atoms with Crippen LogP contribution in [0.5, 0.6) is 0 Å². The molecule has 0 saturated heterocycles. The van der Waals surface area contributed by atoms with Crippen LogP contribution in [0.25, 0.3) is 0 Å². The van der Waals surface area contributed by atoms with Crippen molar-refractivity contribution in [2.75, 3.05) is 27.2 Å². The third kappa shape index (κ3) is 3.63. The smallest absolute Gasteiger partial charge is 0.343 e. The van der Waals surface area contributed by atoms with Gasteiger partial charge in [-0.2, -0.15) is 0 Å². The Morgan fingerprint density at radius 1 is 1.29 bits per heavy atom. The summed E-state index contributed by atoms with van der Waals surface area (Å²) in [5, 5.41) is 11.1. The van der Waals surface area contributed by atoms with Crippen molar-refractivity contribution in [2.45, 2.75) is 31.3 Å². The molecule has 0 aliphatic heterocycles.